The largest absolute Gasteiger partial charge is 0.491 e. The standard InChI is InChI=1S/C19H27NO4/c1-13(2)24-16-10-5-4-8-14(16)12-17(21)20-19(3)11-7-6-9-15(19)18(22)23/h4-5,8,10,13,15H,6-7,9,11-12H2,1-3H3,(H,20,21)(H,22,23). The van der Waals surface area contributed by atoms with Gasteiger partial charge in [0.05, 0.1) is 24.0 Å². The fourth-order valence-corrected chi connectivity index (χ4v) is 3.43. The van der Waals surface area contributed by atoms with Crippen molar-refractivity contribution in [3.63, 3.8) is 0 Å². The summed E-state index contributed by atoms with van der Waals surface area (Å²) in [6.07, 6.45) is 3.35. The van der Waals surface area contributed by atoms with Crippen LogP contribution in [0.25, 0.3) is 0 Å². The SMILES string of the molecule is CC(C)Oc1ccccc1CC(=O)NC1(C)CCCCC1C(=O)O. The molecule has 2 N–H and O–H groups in total. The number of carbonyl (C=O) groups excluding carboxylic acids is 1. The van der Waals surface area contributed by atoms with Gasteiger partial charge in [0.25, 0.3) is 0 Å². The molecule has 1 aromatic rings. The van der Waals surface area contributed by atoms with Crippen LogP contribution < -0.4 is 10.1 Å². The zero-order valence-electron chi connectivity index (χ0n) is 14.7. The first kappa shape index (κ1) is 18.3. The molecule has 2 atom stereocenters. The molecule has 1 amide bonds. The number of rotatable bonds is 6. The molecular weight excluding hydrogens is 306 g/mol. The van der Waals surface area contributed by atoms with Gasteiger partial charge in [-0.25, -0.2) is 0 Å². The second-order valence-electron chi connectivity index (χ2n) is 7.05. The van der Waals surface area contributed by atoms with Crippen LogP contribution in [0, 0.1) is 5.92 Å². The van der Waals surface area contributed by atoms with Crippen LogP contribution in [-0.2, 0) is 16.0 Å². The highest BCUT2D eigenvalue weighted by molar-refractivity contribution is 5.81. The van der Waals surface area contributed by atoms with E-state index in [1.807, 2.05) is 45.0 Å². The summed E-state index contributed by atoms with van der Waals surface area (Å²) in [4.78, 5) is 24.0. The monoisotopic (exact) mass is 333 g/mol. The van der Waals surface area contributed by atoms with Gasteiger partial charge in [0.1, 0.15) is 5.75 Å². The van der Waals surface area contributed by atoms with E-state index < -0.39 is 17.4 Å². The van der Waals surface area contributed by atoms with E-state index in [0.717, 1.165) is 18.4 Å². The van der Waals surface area contributed by atoms with Gasteiger partial charge in [-0.2, -0.15) is 0 Å². The molecule has 1 aromatic carbocycles. The molecular formula is C19H27NO4. The third kappa shape index (κ3) is 4.49. The average molecular weight is 333 g/mol. The lowest BCUT2D eigenvalue weighted by Gasteiger charge is -2.39. The van der Waals surface area contributed by atoms with Gasteiger partial charge in [0.2, 0.25) is 5.91 Å². The lowest BCUT2D eigenvalue weighted by atomic mass is 9.74. The van der Waals surface area contributed by atoms with Crippen LogP contribution in [0.1, 0.15) is 52.0 Å². The van der Waals surface area contributed by atoms with E-state index in [-0.39, 0.29) is 18.4 Å². The van der Waals surface area contributed by atoms with Gasteiger partial charge in [-0.05, 0) is 39.7 Å². The number of carboxylic acid groups (broad SMARTS) is 1. The highest BCUT2D eigenvalue weighted by atomic mass is 16.5. The van der Waals surface area contributed by atoms with Crippen LogP contribution in [0.2, 0.25) is 0 Å². The molecule has 0 heterocycles. The molecule has 0 bridgehead atoms. The number of carboxylic acids is 1. The first-order valence-electron chi connectivity index (χ1n) is 8.60. The number of carbonyl (C=O) groups is 2. The average Bonchev–Trinajstić information content (AvgIpc) is 2.48. The van der Waals surface area contributed by atoms with Gasteiger partial charge < -0.3 is 15.2 Å². The third-order valence-corrected chi connectivity index (χ3v) is 4.62. The molecule has 24 heavy (non-hydrogen) atoms. The number of hydrogen-bond acceptors (Lipinski definition) is 3. The molecule has 2 rings (SSSR count). The first-order valence-corrected chi connectivity index (χ1v) is 8.60. The van der Waals surface area contributed by atoms with E-state index >= 15 is 0 Å². The van der Waals surface area contributed by atoms with Crippen molar-refractivity contribution in [2.24, 2.45) is 5.92 Å². The fourth-order valence-electron chi connectivity index (χ4n) is 3.43. The molecule has 1 aliphatic rings. The van der Waals surface area contributed by atoms with E-state index in [4.69, 9.17) is 4.74 Å². The summed E-state index contributed by atoms with van der Waals surface area (Å²) in [6, 6.07) is 7.47. The fraction of sp³-hybridized carbons (Fsp3) is 0.579. The van der Waals surface area contributed by atoms with Crippen molar-refractivity contribution in [1.82, 2.24) is 5.32 Å². The van der Waals surface area contributed by atoms with E-state index in [1.165, 1.54) is 0 Å². The molecule has 0 spiro atoms. The maximum atomic E-state index is 12.5. The molecule has 1 saturated carbocycles. The van der Waals surface area contributed by atoms with Crippen molar-refractivity contribution in [1.29, 1.82) is 0 Å². The number of aliphatic carboxylic acids is 1. The molecule has 5 heteroatoms. The van der Waals surface area contributed by atoms with Gasteiger partial charge in [-0.1, -0.05) is 31.0 Å². The van der Waals surface area contributed by atoms with Crippen molar-refractivity contribution in [2.45, 2.75) is 64.5 Å². The minimum Gasteiger partial charge on any atom is -0.491 e. The number of para-hydroxylation sites is 1. The Balaban J connectivity index is 2.09. The molecule has 5 nitrogen and oxygen atoms in total. The molecule has 132 valence electrons. The Bertz CT molecular complexity index is 599. The van der Waals surface area contributed by atoms with E-state index in [1.54, 1.807) is 0 Å². The van der Waals surface area contributed by atoms with Crippen LogP contribution in [0.4, 0.5) is 0 Å². The predicted molar refractivity (Wildman–Crippen MR) is 92.1 cm³/mol. The van der Waals surface area contributed by atoms with E-state index in [2.05, 4.69) is 5.32 Å². The van der Waals surface area contributed by atoms with Crippen LogP contribution >= 0.6 is 0 Å². The number of nitrogens with one attached hydrogen (secondary N) is 1. The quantitative estimate of drug-likeness (QED) is 0.838. The Morgan fingerprint density at radius 2 is 2.04 bits per heavy atom. The maximum Gasteiger partial charge on any atom is 0.308 e. The van der Waals surface area contributed by atoms with Crippen molar-refractivity contribution in [2.75, 3.05) is 0 Å². The molecule has 0 aromatic heterocycles. The number of hydrogen-bond donors (Lipinski definition) is 2. The Hall–Kier alpha value is -2.04. The highest BCUT2D eigenvalue weighted by Gasteiger charge is 2.42. The van der Waals surface area contributed by atoms with Crippen LogP contribution in [-0.4, -0.2) is 28.6 Å². The Morgan fingerprint density at radius 3 is 2.71 bits per heavy atom. The van der Waals surface area contributed by atoms with Crippen molar-refractivity contribution in [3.8, 4) is 5.75 Å². The molecule has 1 fully saturated rings. The second-order valence-corrected chi connectivity index (χ2v) is 7.05. The van der Waals surface area contributed by atoms with Crippen molar-refractivity contribution >= 4 is 11.9 Å². The van der Waals surface area contributed by atoms with Crippen LogP contribution in [0.15, 0.2) is 24.3 Å². The minimum atomic E-state index is -0.832. The van der Waals surface area contributed by atoms with Gasteiger partial charge in [-0.15, -0.1) is 0 Å². The van der Waals surface area contributed by atoms with Gasteiger partial charge in [-0.3, -0.25) is 9.59 Å². The van der Waals surface area contributed by atoms with E-state index in [9.17, 15) is 14.7 Å². The van der Waals surface area contributed by atoms with E-state index in [0.29, 0.717) is 18.6 Å². The molecule has 0 aliphatic heterocycles. The summed E-state index contributed by atoms with van der Waals surface area (Å²) in [5.41, 5.74) is 0.129. The summed E-state index contributed by atoms with van der Waals surface area (Å²) < 4.78 is 5.75. The summed E-state index contributed by atoms with van der Waals surface area (Å²) in [7, 11) is 0. The van der Waals surface area contributed by atoms with Crippen LogP contribution in [0.3, 0.4) is 0 Å². The number of amides is 1. The Kier molecular flexibility index (Phi) is 5.86. The Morgan fingerprint density at radius 1 is 1.33 bits per heavy atom. The normalized spacial score (nSPS) is 23.8. The predicted octanol–water partition coefficient (Wildman–Crippen LogP) is 3.17. The van der Waals surface area contributed by atoms with Gasteiger partial charge in [0.15, 0.2) is 0 Å². The third-order valence-electron chi connectivity index (χ3n) is 4.62. The first-order chi connectivity index (χ1) is 11.3. The van der Waals surface area contributed by atoms with Crippen molar-refractivity contribution in [3.05, 3.63) is 29.8 Å². The molecule has 0 radical (unpaired) electrons. The lowest BCUT2D eigenvalue weighted by molar-refractivity contribution is -0.146. The summed E-state index contributed by atoms with van der Waals surface area (Å²) in [6.45, 7) is 5.73. The second kappa shape index (κ2) is 7.69. The Labute approximate surface area is 143 Å². The molecule has 2 unspecified atom stereocenters. The summed E-state index contributed by atoms with van der Waals surface area (Å²) in [5, 5.41) is 12.4. The summed E-state index contributed by atoms with van der Waals surface area (Å²) >= 11 is 0. The highest BCUT2D eigenvalue weighted by Crippen LogP contribution is 2.34. The molecule has 1 aliphatic carbocycles. The van der Waals surface area contributed by atoms with Gasteiger partial charge >= 0.3 is 5.97 Å². The zero-order chi connectivity index (χ0) is 17.7. The maximum absolute atomic E-state index is 12.5. The number of benzene rings is 1. The zero-order valence-corrected chi connectivity index (χ0v) is 14.7. The smallest absolute Gasteiger partial charge is 0.308 e. The topological polar surface area (TPSA) is 75.6 Å². The van der Waals surface area contributed by atoms with Crippen molar-refractivity contribution < 1.29 is 19.4 Å². The summed E-state index contributed by atoms with van der Waals surface area (Å²) in [5.74, 6) is -0.824. The number of ether oxygens (including phenoxy) is 1. The lowest BCUT2D eigenvalue weighted by Crippen LogP contribution is -2.55. The molecule has 0 saturated heterocycles. The minimum absolute atomic E-state index is 0.0291. The van der Waals surface area contributed by atoms with Gasteiger partial charge in [0, 0.05) is 5.56 Å². The van der Waals surface area contributed by atoms with Crippen LogP contribution in [0.5, 0.6) is 5.75 Å².